The van der Waals surface area contributed by atoms with Gasteiger partial charge in [0.25, 0.3) is 0 Å². The minimum absolute atomic E-state index is 0.150. The highest BCUT2D eigenvalue weighted by Gasteiger charge is 2.04. The standard InChI is InChI=1S/C15H16N4O/c1-10(2)20-14-5-4-12(6-11(14)3)19-15-9-17-13(7-16)8-18-15/h4-6,8-10H,1-3H3,(H,18,19). The van der Waals surface area contributed by atoms with E-state index in [1.54, 1.807) is 0 Å². The molecule has 2 aromatic rings. The molecule has 0 aliphatic rings. The fourth-order valence-electron chi connectivity index (χ4n) is 1.71. The van der Waals surface area contributed by atoms with Gasteiger partial charge in [-0.2, -0.15) is 5.26 Å². The van der Waals surface area contributed by atoms with Crippen LogP contribution in [0.1, 0.15) is 25.1 Å². The van der Waals surface area contributed by atoms with Crippen LogP contribution in [0, 0.1) is 18.3 Å². The van der Waals surface area contributed by atoms with Crippen molar-refractivity contribution >= 4 is 11.5 Å². The van der Waals surface area contributed by atoms with Gasteiger partial charge in [-0.1, -0.05) is 0 Å². The Kier molecular flexibility index (Phi) is 4.16. The Bertz CT molecular complexity index is 629. The predicted molar refractivity (Wildman–Crippen MR) is 77.0 cm³/mol. The number of anilines is 2. The minimum Gasteiger partial charge on any atom is -0.491 e. The summed E-state index contributed by atoms with van der Waals surface area (Å²) in [6.07, 6.45) is 3.12. The lowest BCUT2D eigenvalue weighted by molar-refractivity contribution is 0.241. The molecule has 0 aliphatic heterocycles. The molecular weight excluding hydrogens is 252 g/mol. The zero-order chi connectivity index (χ0) is 14.5. The molecule has 1 heterocycles. The van der Waals surface area contributed by atoms with Gasteiger partial charge in [0.1, 0.15) is 17.6 Å². The van der Waals surface area contributed by atoms with E-state index in [0.717, 1.165) is 17.0 Å². The summed E-state index contributed by atoms with van der Waals surface area (Å²) in [5, 5.41) is 11.8. The van der Waals surface area contributed by atoms with Crippen molar-refractivity contribution in [3.05, 3.63) is 41.9 Å². The first-order valence-electron chi connectivity index (χ1n) is 6.35. The first kappa shape index (κ1) is 13.8. The van der Waals surface area contributed by atoms with Crippen LogP contribution in [0.15, 0.2) is 30.6 Å². The first-order chi connectivity index (χ1) is 9.58. The van der Waals surface area contributed by atoms with Crippen LogP contribution >= 0.6 is 0 Å². The Morgan fingerprint density at radius 3 is 2.60 bits per heavy atom. The summed E-state index contributed by atoms with van der Waals surface area (Å²) in [4.78, 5) is 8.08. The molecule has 0 amide bonds. The van der Waals surface area contributed by atoms with E-state index >= 15 is 0 Å². The number of nitriles is 1. The molecule has 0 radical (unpaired) electrons. The molecule has 1 N–H and O–H groups in total. The number of hydrogen-bond donors (Lipinski definition) is 1. The number of nitrogens with one attached hydrogen (secondary N) is 1. The number of aromatic nitrogens is 2. The Labute approximate surface area is 118 Å². The third kappa shape index (κ3) is 3.45. The normalized spacial score (nSPS) is 10.2. The molecule has 0 fully saturated rings. The summed E-state index contributed by atoms with van der Waals surface area (Å²) in [5.41, 5.74) is 2.25. The van der Waals surface area contributed by atoms with Gasteiger partial charge in [-0.3, -0.25) is 0 Å². The van der Waals surface area contributed by atoms with Gasteiger partial charge in [0.2, 0.25) is 0 Å². The van der Waals surface area contributed by atoms with Crippen molar-refractivity contribution in [1.29, 1.82) is 5.26 Å². The third-order valence-electron chi connectivity index (χ3n) is 2.58. The zero-order valence-electron chi connectivity index (χ0n) is 11.7. The van der Waals surface area contributed by atoms with Gasteiger partial charge in [-0.05, 0) is 44.5 Å². The number of nitrogens with zero attached hydrogens (tertiary/aromatic N) is 3. The average molecular weight is 268 g/mol. The van der Waals surface area contributed by atoms with E-state index < -0.39 is 0 Å². The molecule has 0 spiro atoms. The molecule has 1 aromatic carbocycles. The van der Waals surface area contributed by atoms with Gasteiger partial charge < -0.3 is 10.1 Å². The monoisotopic (exact) mass is 268 g/mol. The van der Waals surface area contributed by atoms with E-state index in [-0.39, 0.29) is 6.10 Å². The Balaban J connectivity index is 2.13. The van der Waals surface area contributed by atoms with Gasteiger partial charge >= 0.3 is 0 Å². The second kappa shape index (κ2) is 6.02. The number of ether oxygens (including phenoxy) is 1. The lowest BCUT2D eigenvalue weighted by Gasteiger charge is -2.13. The minimum atomic E-state index is 0.150. The molecular formula is C15H16N4O. The highest BCUT2D eigenvalue weighted by Crippen LogP contribution is 2.24. The van der Waals surface area contributed by atoms with Gasteiger partial charge in [0, 0.05) is 5.69 Å². The molecule has 0 atom stereocenters. The summed E-state index contributed by atoms with van der Waals surface area (Å²) < 4.78 is 5.69. The topological polar surface area (TPSA) is 70.8 Å². The summed E-state index contributed by atoms with van der Waals surface area (Å²) in [6.45, 7) is 5.99. The second-order valence-electron chi connectivity index (χ2n) is 4.67. The molecule has 1 aromatic heterocycles. The van der Waals surface area contributed by atoms with Gasteiger partial charge in [-0.15, -0.1) is 0 Å². The van der Waals surface area contributed by atoms with Crippen molar-refractivity contribution < 1.29 is 4.74 Å². The van der Waals surface area contributed by atoms with Crippen molar-refractivity contribution in [2.45, 2.75) is 26.9 Å². The summed E-state index contributed by atoms with van der Waals surface area (Å²) in [7, 11) is 0. The van der Waals surface area contributed by atoms with E-state index in [2.05, 4.69) is 15.3 Å². The van der Waals surface area contributed by atoms with Gasteiger partial charge in [0.05, 0.1) is 18.5 Å². The summed E-state index contributed by atoms with van der Waals surface area (Å²) in [6, 6.07) is 7.77. The molecule has 102 valence electrons. The van der Waals surface area contributed by atoms with Crippen molar-refractivity contribution in [2.75, 3.05) is 5.32 Å². The maximum absolute atomic E-state index is 8.67. The maximum atomic E-state index is 8.67. The van der Waals surface area contributed by atoms with Crippen LogP contribution < -0.4 is 10.1 Å². The second-order valence-corrected chi connectivity index (χ2v) is 4.67. The van der Waals surface area contributed by atoms with Crippen LogP contribution in [0.2, 0.25) is 0 Å². The van der Waals surface area contributed by atoms with E-state index in [0.29, 0.717) is 11.5 Å². The van der Waals surface area contributed by atoms with E-state index in [1.807, 2.05) is 45.0 Å². The zero-order valence-corrected chi connectivity index (χ0v) is 11.7. The van der Waals surface area contributed by atoms with E-state index in [9.17, 15) is 0 Å². The SMILES string of the molecule is Cc1cc(Nc2cnc(C#N)cn2)ccc1OC(C)C. The molecule has 5 nitrogen and oxygen atoms in total. The number of benzene rings is 1. The van der Waals surface area contributed by atoms with Crippen LogP contribution in [-0.4, -0.2) is 16.1 Å². The Morgan fingerprint density at radius 1 is 1.25 bits per heavy atom. The Morgan fingerprint density at radius 2 is 2.05 bits per heavy atom. The van der Waals surface area contributed by atoms with Crippen molar-refractivity contribution in [2.24, 2.45) is 0 Å². The highest BCUT2D eigenvalue weighted by molar-refractivity contribution is 5.58. The van der Waals surface area contributed by atoms with Crippen LogP contribution in [0.3, 0.4) is 0 Å². The number of hydrogen-bond acceptors (Lipinski definition) is 5. The first-order valence-corrected chi connectivity index (χ1v) is 6.35. The molecule has 0 saturated heterocycles. The fourth-order valence-corrected chi connectivity index (χ4v) is 1.71. The quantitative estimate of drug-likeness (QED) is 0.922. The molecule has 0 aliphatic carbocycles. The van der Waals surface area contributed by atoms with Crippen LogP contribution in [0.5, 0.6) is 5.75 Å². The molecule has 20 heavy (non-hydrogen) atoms. The molecule has 0 saturated carbocycles. The maximum Gasteiger partial charge on any atom is 0.158 e. The summed E-state index contributed by atoms with van der Waals surface area (Å²) >= 11 is 0. The average Bonchev–Trinajstić information content (AvgIpc) is 2.42. The molecule has 2 rings (SSSR count). The highest BCUT2D eigenvalue weighted by atomic mass is 16.5. The van der Waals surface area contributed by atoms with E-state index in [4.69, 9.17) is 10.00 Å². The van der Waals surface area contributed by atoms with Crippen molar-refractivity contribution in [3.8, 4) is 11.8 Å². The summed E-state index contributed by atoms with van der Waals surface area (Å²) in [5.74, 6) is 1.47. The smallest absolute Gasteiger partial charge is 0.158 e. The van der Waals surface area contributed by atoms with Crippen molar-refractivity contribution in [3.63, 3.8) is 0 Å². The van der Waals surface area contributed by atoms with Crippen LogP contribution in [0.4, 0.5) is 11.5 Å². The number of rotatable bonds is 4. The van der Waals surface area contributed by atoms with Crippen molar-refractivity contribution in [1.82, 2.24) is 9.97 Å². The van der Waals surface area contributed by atoms with E-state index in [1.165, 1.54) is 12.4 Å². The lowest BCUT2D eigenvalue weighted by atomic mass is 10.2. The van der Waals surface area contributed by atoms with Gasteiger partial charge in [0.15, 0.2) is 5.69 Å². The number of aryl methyl sites for hydroxylation is 1. The predicted octanol–water partition coefficient (Wildman–Crippen LogP) is 3.19. The molecule has 0 unspecified atom stereocenters. The third-order valence-corrected chi connectivity index (χ3v) is 2.58. The lowest BCUT2D eigenvalue weighted by Crippen LogP contribution is -2.06. The fraction of sp³-hybridized carbons (Fsp3) is 0.267. The molecule has 0 bridgehead atoms. The molecule has 5 heteroatoms. The van der Waals surface area contributed by atoms with Crippen LogP contribution in [-0.2, 0) is 0 Å². The largest absolute Gasteiger partial charge is 0.491 e. The van der Waals surface area contributed by atoms with Gasteiger partial charge in [-0.25, -0.2) is 9.97 Å². The Hall–Kier alpha value is -2.61. The van der Waals surface area contributed by atoms with Crippen LogP contribution in [0.25, 0.3) is 0 Å².